The standard InChI is InChI=1S/C11H11F2/c1-2-3-11(13)8-9-4-6-10(12)7-5-9/h1-2,4-7,11H,3,8H2. The normalized spacial score (nSPS) is 12.5. The minimum atomic E-state index is -0.976. The SMILES string of the molecule is [CH]=CCC(F)Cc1ccc(F)cc1. The van der Waals surface area contributed by atoms with Crippen molar-refractivity contribution < 1.29 is 8.78 Å². The van der Waals surface area contributed by atoms with Crippen LogP contribution < -0.4 is 0 Å². The van der Waals surface area contributed by atoms with Gasteiger partial charge in [0.25, 0.3) is 0 Å². The molecule has 0 aliphatic heterocycles. The molecular weight excluding hydrogens is 170 g/mol. The fourth-order valence-electron chi connectivity index (χ4n) is 1.11. The van der Waals surface area contributed by atoms with Crippen molar-refractivity contribution in [1.82, 2.24) is 0 Å². The maximum absolute atomic E-state index is 13.0. The zero-order chi connectivity index (χ0) is 9.68. The quantitative estimate of drug-likeness (QED) is 0.669. The zero-order valence-electron chi connectivity index (χ0n) is 7.21. The minimum absolute atomic E-state index is 0.234. The van der Waals surface area contributed by atoms with Crippen molar-refractivity contribution in [3.05, 3.63) is 48.3 Å². The average Bonchev–Trinajstić information content (AvgIpc) is 2.09. The van der Waals surface area contributed by atoms with E-state index in [1.54, 1.807) is 12.1 Å². The van der Waals surface area contributed by atoms with Crippen LogP contribution in [0.5, 0.6) is 0 Å². The van der Waals surface area contributed by atoms with E-state index in [0.717, 1.165) is 5.56 Å². The van der Waals surface area contributed by atoms with Crippen LogP contribution in [-0.4, -0.2) is 6.17 Å². The van der Waals surface area contributed by atoms with Gasteiger partial charge in [0.05, 0.1) is 0 Å². The molecule has 13 heavy (non-hydrogen) atoms. The van der Waals surface area contributed by atoms with E-state index in [1.807, 2.05) is 0 Å². The molecule has 69 valence electrons. The van der Waals surface area contributed by atoms with Crippen LogP contribution in [0.2, 0.25) is 0 Å². The molecule has 0 aliphatic carbocycles. The number of rotatable bonds is 4. The zero-order valence-corrected chi connectivity index (χ0v) is 7.21. The summed E-state index contributed by atoms with van der Waals surface area (Å²) in [6.07, 6.45) is 0.843. The summed E-state index contributed by atoms with van der Waals surface area (Å²) in [4.78, 5) is 0. The molecule has 0 fully saturated rings. The van der Waals surface area contributed by atoms with Crippen molar-refractivity contribution >= 4 is 0 Å². The van der Waals surface area contributed by atoms with Crippen LogP contribution >= 0.6 is 0 Å². The van der Waals surface area contributed by atoms with Gasteiger partial charge in [-0.05, 0) is 24.1 Å². The van der Waals surface area contributed by atoms with E-state index in [-0.39, 0.29) is 18.7 Å². The number of alkyl halides is 1. The van der Waals surface area contributed by atoms with Crippen molar-refractivity contribution in [3.63, 3.8) is 0 Å². The van der Waals surface area contributed by atoms with Gasteiger partial charge in [0.15, 0.2) is 0 Å². The maximum atomic E-state index is 13.0. The Kier molecular flexibility index (Phi) is 3.62. The van der Waals surface area contributed by atoms with E-state index in [4.69, 9.17) is 6.58 Å². The van der Waals surface area contributed by atoms with Crippen molar-refractivity contribution in [2.24, 2.45) is 0 Å². The molecule has 0 saturated heterocycles. The van der Waals surface area contributed by atoms with Gasteiger partial charge in [0.1, 0.15) is 12.0 Å². The highest BCUT2D eigenvalue weighted by Crippen LogP contribution is 2.10. The Balaban J connectivity index is 2.53. The summed E-state index contributed by atoms with van der Waals surface area (Å²) in [6, 6.07) is 5.82. The van der Waals surface area contributed by atoms with Crippen LogP contribution in [0.4, 0.5) is 8.78 Å². The summed E-state index contributed by atoms with van der Waals surface area (Å²) in [5.41, 5.74) is 0.788. The Morgan fingerprint density at radius 3 is 2.46 bits per heavy atom. The molecule has 1 unspecified atom stereocenters. The van der Waals surface area contributed by atoms with Crippen molar-refractivity contribution in [2.75, 3.05) is 0 Å². The van der Waals surface area contributed by atoms with Gasteiger partial charge in [0.2, 0.25) is 0 Å². The molecule has 0 spiro atoms. The highest BCUT2D eigenvalue weighted by atomic mass is 19.1. The summed E-state index contributed by atoms with van der Waals surface area (Å²) in [6.45, 7) is 5.08. The fourth-order valence-corrected chi connectivity index (χ4v) is 1.11. The van der Waals surface area contributed by atoms with Crippen LogP contribution in [0.25, 0.3) is 0 Å². The van der Waals surface area contributed by atoms with Gasteiger partial charge >= 0.3 is 0 Å². The van der Waals surface area contributed by atoms with Crippen LogP contribution in [0.15, 0.2) is 30.3 Å². The third kappa shape index (κ3) is 3.36. The lowest BCUT2D eigenvalue weighted by Gasteiger charge is -2.04. The molecule has 0 heterocycles. The van der Waals surface area contributed by atoms with Gasteiger partial charge in [-0.15, -0.1) is 0 Å². The van der Waals surface area contributed by atoms with Gasteiger partial charge in [-0.1, -0.05) is 24.8 Å². The van der Waals surface area contributed by atoms with E-state index < -0.39 is 6.17 Å². The van der Waals surface area contributed by atoms with Crippen molar-refractivity contribution in [1.29, 1.82) is 0 Å². The lowest BCUT2D eigenvalue weighted by Crippen LogP contribution is -2.02. The average molecular weight is 181 g/mol. The van der Waals surface area contributed by atoms with Crippen molar-refractivity contribution in [2.45, 2.75) is 19.0 Å². The van der Waals surface area contributed by atoms with E-state index in [1.165, 1.54) is 18.2 Å². The highest BCUT2D eigenvalue weighted by molar-refractivity contribution is 5.16. The molecule has 0 aromatic heterocycles. The second-order valence-corrected chi connectivity index (χ2v) is 2.90. The summed E-state index contributed by atoms with van der Waals surface area (Å²) >= 11 is 0. The minimum Gasteiger partial charge on any atom is -0.247 e. The molecule has 0 N–H and O–H groups in total. The molecule has 2 heteroatoms. The molecule has 0 aliphatic rings. The molecule has 1 radical (unpaired) electrons. The van der Waals surface area contributed by atoms with E-state index >= 15 is 0 Å². The van der Waals surface area contributed by atoms with E-state index in [2.05, 4.69) is 0 Å². The summed E-state index contributed by atoms with van der Waals surface area (Å²) in [5, 5.41) is 0. The molecule has 1 aromatic carbocycles. The van der Waals surface area contributed by atoms with Gasteiger partial charge < -0.3 is 0 Å². The topological polar surface area (TPSA) is 0 Å². The van der Waals surface area contributed by atoms with Gasteiger partial charge in [0, 0.05) is 6.42 Å². The van der Waals surface area contributed by atoms with E-state index in [9.17, 15) is 8.78 Å². The monoisotopic (exact) mass is 181 g/mol. The molecule has 0 amide bonds. The Morgan fingerprint density at radius 2 is 1.92 bits per heavy atom. The molecule has 0 bridgehead atoms. The second kappa shape index (κ2) is 4.75. The van der Waals surface area contributed by atoms with Gasteiger partial charge in [-0.3, -0.25) is 0 Å². The third-order valence-corrected chi connectivity index (χ3v) is 1.76. The first-order valence-corrected chi connectivity index (χ1v) is 4.14. The molecule has 1 rings (SSSR count). The third-order valence-electron chi connectivity index (χ3n) is 1.76. The smallest absolute Gasteiger partial charge is 0.123 e. The molecular formula is C11H11F2. The number of halogens is 2. The molecule has 0 saturated carbocycles. The van der Waals surface area contributed by atoms with Crippen LogP contribution in [0.3, 0.4) is 0 Å². The lowest BCUT2D eigenvalue weighted by molar-refractivity contribution is 0.335. The van der Waals surface area contributed by atoms with Crippen LogP contribution in [0, 0.1) is 12.4 Å². The Bertz CT molecular complexity index is 264. The number of allylic oxidation sites excluding steroid dienone is 1. The highest BCUT2D eigenvalue weighted by Gasteiger charge is 2.04. The predicted molar refractivity (Wildman–Crippen MR) is 48.5 cm³/mol. The van der Waals surface area contributed by atoms with Crippen molar-refractivity contribution in [3.8, 4) is 0 Å². The van der Waals surface area contributed by atoms with Gasteiger partial charge in [-0.25, -0.2) is 8.78 Å². The Morgan fingerprint density at radius 1 is 1.31 bits per heavy atom. The second-order valence-electron chi connectivity index (χ2n) is 2.90. The van der Waals surface area contributed by atoms with Crippen LogP contribution in [-0.2, 0) is 6.42 Å². The largest absolute Gasteiger partial charge is 0.247 e. The van der Waals surface area contributed by atoms with E-state index in [0.29, 0.717) is 0 Å². The summed E-state index contributed by atoms with van der Waals surface area (Å²) in [7, 11) is 0. The molecule has 1 aromatic rings. The number of hydrogen-bond donors (Lipinski definition) is 0. The Labute approximate surface area is 76.9 Å². The molecule has 1 atom stereocenters. The lowest BCUT2D eigenvalue weighted by atomic mass is 10.1. The first-order valence-electron chi connectivity index (χ1n) is 4.14. The predicted octanol–water partition coefficient (Wildman–Crippen LogP) is 3.09. The molecule has 0 nitrogen and oxygen atoms in total. The van der Waals surface area contributed by atoms with Gasteiger partial charge in [-0.2, -0.15) is 0 Å². The number of benzene rings is 1. The summed E-state index contributed by atoms with van der Waals surface area (Å²) in [5.74, 6) is -0.301. The van der Waals surface area contributed by atoms with Crippen LogP contribution in [0.1, 0.15) is 12.0 Å². The fraction of sp³-hybridized carbons (Fsp3) is 0.273. The first kappa shape index (κ1) is 9.90. The Hall–Kier alpha value is -1.18. The summed E-state index contributed by atoms with van der Waals surface area (Å²) < 4.78 is 25.4. The maximum Gasteiger partial charge on any atom is 0.123 e. The number of hydrogen-bond acceptors (Lipinski definition) is 0. The first-order chi connectivity index (χ1) is 6.22.